The smallest absolute Gasteiger partial charge is 0.422 e. The highest BCUT2D eigenvalue weighted by atomic mass is 19.4. The molecule has 0 atom stereocenters. The molecule has 3 rings (SSSR count). The van der Waals surface area contributed by atoms with E-state index < -0.39 is 18.7 Å². The zero-order valence-electron chi connectivity index (χ0n) is 13.4. The average Bonchev–Trinajstić information content (AvgIpc) is 2.60. The van der Waals surface area contributed by atoms with Crippen molar-refractivity contribution in [3.63, 3.8) is 0 Å². The number of ether oxygens (including phenoxy) is 1. The number of aromatic nitrogens is 1. The van der Waals surface area contributed by atoms with Gasteiger partial charge in [-0.2, -0.15) is 13.2 Å². The van der Waals surface area contributed by atoms with Crippen LogP contribution < -0.4 is 15.4 Å². The predicted octanol–water partition coefficient (Wildman–Crippen LogP) is 3.16. The Morgan fingerprint density at radius 1 is 1.23 bits per heavy atom. The number of carbonyl (C=O) groups excluding carboxylic acids is 2. The van der Waals surface area contributed by atoms with Crippen LogP contribution in [0.25, 0.3) is 0 Å². The molecule has 0 fully saturated rings. The highest BCUT2D eigenvalue weighted by Crippen LogP contribution is 2.24. The number of nitrogens with one attached hydrogen (secondary N) is 2. The number of nitrogens with zero attached hydrogens (tertiary/aromatic N) is 1. The summed E-state index contributed by atoms with van der Waals surface area (Å²) in [6, 6.07) is 7.57. The van der Waals surface area contributed by atoms with Gasteiger partial charge in [0.2, 0.25) is 11.8 Å². The number of benzene rings is 1. The summed E-state index contributed by atoms with van der Waals surface area (Å²) in [6.45, 7) is -1.43. The lowest BCUT2D eigenvalue weighted by molar-refractivity contribution is -0.154. The fraction of sp³-hybridized carbons (Fsp3) is 0.235. The van der Waals surface area contributed by atoms with Crippen molar-refractivity contribution in [3.8, 4) is 5.88 Å². The lowest BCUT2D eigenvalue weighted by Crippen LogP contribution is -2.20. The first-order valence-corrected chi connectivity index (χ1v) is 7.70. The SMILES string of the molecule is O=C1CCc2cc(C(=O)Nc3ccc(OCC(F)(F)F)nc3)ccc2N1. The minimum Gasteiger partial charge on any atom is -0.468 e. The van der Waals surface area contributed by atoms with E-state index in [9.17, 15) is 22.8 Å². The van der Waals surface area contributed by atoms with Gasteiger partial charge in [-0.15, -0.1) is 0 Å². The number of anilines is 2. The summed E-state index contributed by atoms with van der Waals surface area (Å²) in [5.41, 5.74) is 2.27. The predicted molar refractivity (Wildman–Crippen MR) is 87.1 cm³/mol. The summed E-state index contributed by atoms with van der Waals surface area (Å²) >= 11 is 0. The van der Waals surface area contributed by atoms with Gasteiger partial charge in [-0.25, -0.2) is 4.98 Å². The number of hydrogen-bond acceptors (Lipinski definition) is 4. The van der Waals surface area contributed by atoms with Crippen molar-refractivity contribution in [2.24, 2.45) is 0 Å². The van der Waals surface area contributed by atoms with E-state index in [1.807, 2.05) is 0 Å². The van der Waals surface area contributed by atoms with Gasteiger partial charge in [0, 0.05) is 23.7 Å². The molecule has 1 aromatic carbocycles. The molecule has 0 bridgehead atoms. The van der Waals surface area contributed by atoms with Crippen LogP contribution in [0.3, 0.4) is 0 Å². The molecule has 0 saturated carbocycles. The normalized spacial score (nSPS) is 13.6. The molecule has 2 N–H and O–H groups in total. The molecule has 0 saturated heterocycles. The molecule has 0 unspecified atom stereocenters. The average molecular weight is 365 g/mol. The Labute approximate surface area is 146 Å². The number of aryl methyl sites for hydroxylation is 1. The Kier molecular flexibility index (Phi) is 4.79. The topological polar surface area (TPSA) is 80.3 Å². The van der Waals surface area contributed by atoms with Crippen LogP contribution in [0.4, 0.5) is 24.5 Å². The quantitative estimate of drug-likeness (QED) is 0.872. The molecule has 1 aliphatic rings. The van der Waals surface area contributed by atoms with Crippen LogP contribution in [0.5, 0.6) is 5.88 Å². The second kappa shape index (κ2) is 7.03. The molecule has 2 heterocycles. The molecular weight excluding hydrogens is 351 g/mol. The summed E-state index contributed by atoms with van der Waals surface area (Å²) in [5, 5.41) is 5.34. The van der Waals surface area contributed by atoms with E-state index in [1.54, 1.807) is 18.2 Å². The summed E-state index contributed by atoms with van der Waals surface area (Å²) in [4.78, 5) is 27.4. The monoisotopic (exact) mass is 365 g/mol. The molecule has 0 radical (unpaired) electrons. The summed E-state index contributed by atoms with van der Waals surface area (Å²) in [5.74, 6) is -0.645. The Hall–Kier alpha value is -3.10. The van der Waals surface area contributed by atoms with E-state index in [1.165, 1.54) is 18.3 Å². The molecule has 6 nitrogen and oxygen atoms in total. The van der Waals surface area contributed by atoms with Gasteiger partial charge in [0.25, 0.3) is 5.91 Å². The van der Waals surface area contributed by atoms with E-state index in [0.717, 1.165) is 5.56 Å². The third-order valence-corrected chi connectivity index (χ3v) is 3.64. The first kappa shape index (κ1) is 17.7. The third-order valence-electron chi connectivity index (χ3n) is 3.64. The minimum atomic E-state index is -4.44. The number of pyridine rings is 1. The van der Waals surface area contributed by atoms with Crippen LogP contribution in [0.2, 0.25) is 0 Å². The molecule has 1 aliphatic heterocycles. The summed E-state index contributed by atoms with van der Waals surface area (Å²) < 4.78 is 40.8. The van der Waals surface area contributed by atoms with Crippen LogP contribution in [-0.2, 0) is 11.2 Å². The molecule has 9 heteroatoms. The maximum Gasteiger partial charge on any atom is 0.422 e. The standard InChI is InChI=1S/C17H14F3N3O3/c18-17(19,20)9-26-15-6-3-12(8-21-15)22-16(25)11-1-4-13-10(7-11)2-5-14(24)23-13/h1,3-4,6-8H,2,5,9H2,(H,22,25)(H,23,24). The van der Waals surface area contributed by atoms with Crippen molar-refractivity contribution in [1.82, 2.24) is 4.98 Å². The second-order valence-electron chi connectivity index (χ2n) is 5.66. The van der Waals surface area contributed by atoms with Gasteiger partial charge in [-0.05, 0) is 36.2 Å². The third kappa shape index (κ3) is 4.50. The number of halogens is 3. The van der Waals surface area contributed by atoms with Crippen molar-refractivity contribution < 1.29 is 27.5 Å². The van der Waals surface area contributed by atoms with Gasteiger partial charge in [0.15, 0.2) is 6.61 Å². The maximum absolute atomic E-state index is 12.3. The molecule has 0 aliphatic carbocycles. The van der Waals surface area contributed by atoms with Crippen molar-refractivity contribution in [1.29, 1.82) is 0 Å². The molecule has 26 heavy (non-hydrogen) atoms. The first-order chi connectivity index (χ1) is 12.3. The van der Waals surface area contributed by atoms with Gasteiger partial charge in [-0.3, -0.25) is 9.59 Å². The number of alkyl halides is 3. The Bertz CT molecular complexity index is 835. The van der Waals surface area contributed by atoms with Gasteiger partial charge < -0.3 is 15.4 Å². The Balaban J connectivity index is 1.64. The number of fused-ring (bicyclic) bond motifs is 1. The number of hydrogen-bond donors (Lipinski definition) is 2. The number of rotatable bonds is 4. The van der Waals surface area contributed by atoms with Crippen LogP contribution >= 0.6 is 0 Å². The lowest BCUT2D eigenvalue weighted by Gasteiger charge is -2.17. The van der Waals surface area contributed by atoms with Crippen LogP contribution in [0.1, 0.15) is 22.3 Å². The van der Waals surface area contributed by atoms with Gasteiger partial charge in [-0.1, -0.05) is 0 Å². The largest absolute Gasteiger partial charge is 0.468 e. The van der Waals surface area contributed by atoms with Crippen molar-refractivity contribution in [2.45, 2.75) is 19.0 Å². The van der Waals surface area contributed by atoms with E-state index >= 15 is 0 Å². The highest BCUT2D eigenvalue weighted by molar-refractivity contribution is 6.05. The summed E-state index contributed by atoms with van der Waals surface area (Å²) in [7, 11) is 0. The molecular formula is C17H14F3N3O3. The van der Waals surface area contributed by atoms with Crippen molar-refractivity contribution >= 4 is 23.2 Å². The van der Waals surface area contributed by atoms with E-state index in [2.05, 4.69) is 20.4 Å². The molecule has 0 spiro atoms. The molecule has 2 aromatic rings. The molecule has 136 valence electrons. The molecule has 1 aromatic heterocycles. The minimum absolute atomic E-state index is 0.0615. The highest BCUT2D eigenvalue weighted by Gasteiger charge is 2.28. The number of amides is 2. The summed E-state index contributed by atoms with van der Waals surface area (Å²) in [6.07, 6.45) is -2.32. The Morgan fingerprint density at radius 2 is 2.04 bits per heavy atom. The zero-order valence-corrected chi connectivity index (χ0v) is 13.4. The van der Waals surface area contributed by atoms with Gasteiger partial charge >= 0.3 is 6.18 Å². The molecule has 2 amide bonds. The fourth-order valence-electron chi connectivity index (χ4n) is 2.42. The van der Waals surface area contributed by atoms with Crippen LogP contribution in [-0.4, -0.2) is 29.6 Å². The van der Waals surface area contributed by atoms with Gasteiger partial charge in [0.05, 0.1) is 11.9 Å². The van der Waals surface area contributed by atoms with Crippen molar-refractivity contribution in [2.75, 3.05) is 17.2 Å². The van der Waals surface area contributed by atoms with E-state index in [-0.39, 0.29) is 11.8 Å². The van der Waals surface area contributed by atoms with Crippen LogP contribution in [0.15, 0.2) is 36.5 Å². The lowest BCUT2D eigenvalue weighted by atomic mass is 10.00. The van der Waals surface area contributed by atoms with E-state index in [0.29, 0.717) is 29.8 Å². The first-order valence-electron chi connectivity index (χ1n) is 7.70. The van der Waals surface area contributed by atoms with E-state index in [4.69, 9.17) is 0 Å². The number of carbonyl (C=O) groups is 2. The fourth-order valence-corrected chi connectivity index (χ4v) is 2.42. The zero-order chi connectivity index (χ0) is 18.7. The second-order valence-corrected chi connectivity index (χ2v) is 5.66. The maximum atomic E-state index is 12.3. The van der Waals surface area contributed by atoms with Crippen LogP contribution in [0, 0.1) is 0 Å². The Morgan fingerprint density at radius 3 is 2.73 bits per heavy atom. The van der Waals surface area contributed by atoms with Crippen molar-refractivity contribution in [3.05, 3.63) is 47.7 Å². The van der Waals surface area contributed by atoms with Gasteiger partial charge in [0.1, 0.15) is 0 Å².